The van der Waals surface area contributed by atoms with Gasteiger partial charge in [0.25, 0.3) is 0 Å². The number of unbranched alkanes of at least 4 members (excludes halogenated alkanes) is 1. The second-order valence-corrected chi connectivity index (χ2v) is 3.50. The number of hydrogen-bond acceptors (Lipinski definition) is 3. The van der Waals surface area contributed by atoms with Crippen LogP contribution in [0.1, 0.15) is 32.6 Å². The average Bonchev–Trinajstić information content (AvgIpc) is 2.54. The molecule has 0 aliphatic carbocycles. The molecule has 1 fully saturated rings. The van der Waals surface area contributed by atoms with Gasteiger partial charge in [0, 0.05) is 19.9 Å². The summed E-state index contributed by atoms with van der Waals surface area (Å²) in [7, 11) is 1.76. The van der Waals surface area contributed by atoms with Crippen molar-refractivity contribution in [2.75, 3.05) is 20.3 Å². The third kappa shape index (κ3) is 3.35. The summed E-state index contributed by atoms with van der Waals surface area (Å²) in [6.07, 6.45) is 6.74. The van der Waals surface area contributed by atoms with Crippen molar-refractivity contribution in [3.8, 4) is 0 Å². The maximum absolute atomic E-state index is 5.15. The normalized spacial score (nSPS) is 23.2. The minimum absolute atomic E-state index is 0.512. The fourth-order valence-electron chi connectivity index (χ4n) is 1.63. The van der Waals surface area contributed by atoms with Crippen LogP contribution < -0.4 is 0 Å². The molecule has 0 aromatic heterocycles. The Morgan fingerprint density at radius 1 is 1.62 bits per heavy atom. The molecule has 1 rings (SSSR count). The van der Waals surface area contributed by atoms with Crippen molar-refractivity contribution in [1.82, 2.24) is 5.01 Å². The second-order valence-electron chi connectivity index (χ2n) is 3.50. The van der Waals surface area contributed by atoms with Crippen LogP contribution in [0.25, 0.3) is 0 Å². The number of rotatable bonds is 5. The van der Waals surface area contributed by atoms with Crippen molar-refractivity contribution in [2.45, 2.75) is 38.6 Å². The van der Waals surface area contributed by atoms with Gasteiger partial charge >= 0.3 is 0 Å². The quantitative estimate of drug-likeness (QED) is 0.609. The summed E-state index contributed by atoms with van der Waals surface area (Å²) in [5, 5.41) is 6.61. The lowest BCUT2D eigenvalue weighted by molar-refractivity contribution is 0.118. The monoisotopic (exact) mass is 184 g/mol. The zero-order valence-corrected chi connectivity index (χ0v) is 8.70. The summed E-state index contributed by atoms with van der Waals surface area (Å²) in [4.78, 5) is 0. The molecule has 0 aromatic carbocycles. The van der Waals surface area contributed by atoms with Gasteiger partial charge in [0.2, 0.25) is 0 Å². The molecule has 0 spiro atoms. The summed E-state index contributed by atoms with van der Waals surface area (Å²) in [6.45, 7) is 4.07. The summed E-state index contributed by atoms with van der Waals surface area (Å²) in [5.41, 5.74) is 0. The number of hydrogen-bond donors (Lipinski definition) is 0. The Labute approximate surface area is 80.8 Å². The van der Waals surface area contributed by atoms with Crippen LogP contribution in [-0.4, -0.2) is 37.5 Å². The van der Waals surface area contributed by atoms with Crippen LogP contribution in [0.4, 0.5) is 0 Å². The van der Waals surface area contributed by atoms with Crippen molar-refractivity contribution in [2.24, 2.45) is 5.10 Å². The van der Waals surface area contributed by atoms with E-state index in [4.69, 9.17) is 4.74 Å². The molecule has 0 N–H and O–H groups in total. The van der Waals surface area contributed by atoms with Gasteiger partial charge < -0.3 is 4.74 Å². The lowest BCUT2D eigenvalue weighted by Crippen LogP contribution is -2.28. The van der Waals surface area contributed by atoms with E-state index in [-0.39, 0.29) is 0 Å². The molecular weight excluding hydrogens is 164 g/mol. The van der Waals surface area contributed by atoms with Gasteiger partial charge in [-0.3, -0.25) is 5.01 Å². The summed E-state index contributed by atoms with van der Waals surface area (Å²) < 4.78 is 5.15. The van der Waals surface area contributed by atoms with E-state index < -0.39 is 0 Å². The van der Waals surface area contributed by atoms with E-state index in [1.54, 1.807) is 7.11 Å². The second kappa shape index (κ2) is 5.97. The van der Waals surface area contributed by atoms with E-state index in [1.807, 2.05) is 6.21 Å². The number of nitrogens with zero attached hydrogens (tertiary/aromatic N) is 2. The molecule has 0 aromatic rings. The van der Waals surface area contributed by atoms with Crippen LogP contribution in [0.3, 0.4) is 0 Å². The summed E-state index contributed by atoms with van der Waals surface area (Å²) >= 11 is 0. The Kier molecular flexibility index (Phi) is 4.83. The first-order valence-corrected chi connectivity index (χ1v) is 5.16. The molecule has 1 atom stereocenters. The first-order chi connectivity index (χ1) is 6.38. The fraction of sp³-hybridized carbons (Fsp3) is 0.900. The maximum Gasteiger partial charge on any atom is 0.0704 e. The van der Waals surface area contributed by atoms with Crippen LogP contribution in [0, 0.1) is 0 Å². The van der Waals surface area contributed by atoms with Gasteiger partial charge in [-0.1, -0.05) is 13.3 Å². The molecule has 0 unspecified atom stereocenters. The zero-order chi connectivity index (χ0) is 9.52. The van der Waals surface area contributed by atoms with E-state index >= 15 is 0 Å². The van der Waals surface area contributed by atoms with Gasteiger partial charge in [-0.25, -0.2) is 0 Å². The van der Waals surface area contributed by atoms with Gasteiger partial charge in [0.15, 0.2) is 0 Å². The third-order valence-corrected chi connectivity index (χ3v) is 2.35. The zero-order valence-electron chi connectivity index (χ0n) is 8.70. The van der Waals surface area contributed by atoms with E-state index in [0.29, 0.717) is 6.04 Å². The highest BCUT2D eigenvalue weighted by Gasteiger charge is 2.22. The molecule has 0 radical (unpaired) electrons. The maximum atomic E-state index is 5.15. The SMILES string of the molecule is CCC/C=N/N1CCC[C@@H]1COC. The van der Waals surface area contributed by atoms with Crippen LogP contribution >= 0.6 is 0 Å². The minimum atomic E-state index is 0.512. The van der Waals surface area contributed by atoms with Crippen molar-refractivity contribution in [3.63, 3.8) is 0 Å². The molecule has 3 nitrogen and oxygen atoms in total. The topological polar surface area (TPSA) is 24.8 Å². The highest BCUT2D eigenvalue weighted by molar-refractivity contribution is 5.56. The molecule has 0 bridgehead atoms. The predicted molar refractivity (Wildman–Crippen MR) is 55.0 cm³/mol. The highest BCUT2D eigenvalue weighted by atomic mass is 16.5. The third-order valence-electron chi connectivity index (χ3n) is 2.35. The lowest BCUT2D eigenvalue weighted by atomic mass is 10.2. The Balaban J connectivity index is 2.30. The molecule has 0 saturated carbocycles. The van der Waals surface area contributed by atoms with Gasteiger partial charge in [-0.15, -0.1) is 0 Å². The van der Waals surface area contributed by atoms with Crippen LogP contribution in [0.2, 0.25) is 0 Å². The van der Waals surface area contributed by atoms with E-state index in [2.05, 4.69) is 17.0 Å². The molecular formula is C10H20N2O. The predicted octanol–water partition coefficient (Wildman–Crippen LogP) is 1.88. The van der Waals surface area contributed by atoms with Crippen molar-refractivity contribution in [1.29, 1.82) is 0 Å². The van der Waals surface area contributed by atoms with Crippen LogP contribution in [-0.2, 0) is 4.74 Å². The smallest absolute Gasteiger partial charge is 0.0704 e. The van der Waals surface area contributed by atoms with Gasteiger partial charge in [0.05, 0.1) is 12.6 Å². The molecule has 1 heterocycles. The van der Waals surface area contributed by atoms with Gasteiger partial charge in [-0.2, -0.15) is 5.10 Å². The van der Waals surface area contributed by atoms with E-state index in [0.717, 1.165) is 19.6 Å². The Hall–Kier alpha value is -0.570. The van der Waals surface area contributed by atoms with Crippen LogP contribution in [0.5, 0.6) is 0 Å². The number of ether oxygens (including phenoxy) is 1. The first kappa shape index (κ1) is 10.5. The Bertz CT molecular complexity index is 159. The molecule has 1 aliphatic rings. The standard InChI is InChI=1S/C10H20N2O/c1-3-4-7-11-12-8-5-6-10(12)9-13-2/h7,10H,3-6,8-9H2,1-2H3/b11-7+/t10-/m1/s1. The summed E-state index contributed by atoms with van der Waals surface area (Å²) in [6, 6.07) is 0.512. The fourth-order valence-corrected chi connectivity index (χ4v) is 1.63. The van der Waals surface area contributed by atoms with Crippen molar-refractivity contribution < 1.29 is 4.74 Å². The molecule has 13 heavy (non-hydrogen) atoms. The van der Waals surface area contributed by atoms with Crippen molar-refractivity contribution in [3.05, 3.63) is 0 Å². The van der Waals surface area contributed by atoms with Gasteiger partial charge in [0.1, 0.15) is 0 Å². The van der Waals surface area contributed by atoms with E-state index in [9.17, 15) is 0 Å². The number of methoxy groups -OCH3 is 1. The van der Waals surface area contributed by atoms with Crippen LogP contribution in [0.15, 0.2) is 5.10 Å². The summed E-state index contributed by atoms with van der Waals surface area (Å²) in [5.74, 6) is 0. The first-order valence-electron chi connectivity index (χ1n) is 5.16. The Morgan fingerprint density at radius 3 is 3.15 bits per heavy atom. The van der Waals surface area contributed by atoms with Gasteiger partial charge in [-0.05, 0) is 19.3 Å². The highest BCUT2D eigenvalue weighted by Crippen LogP contribution is 2.17. The molecule has 1 aliphatic heterocycles. The average molecular weight is 184 g/mol. The largest absolute Gasteiger partial charge is 0.382 e. The molecule has 1 saturated heterocycles. The van der Waals surface area contributed by atoms with Crippen molar-refractivity contribution >= 4 is 6.21 Å². The molecule has 0 amide bonds. The number of hydrazone groups is 1. The Morgan fingerprint density at radius 2 is 2.46 bits per heavy atom. The molecule has 76 valence electrons. The lowest BCUT2D eigenvalue weighted by Gasteiger charge is -2.20. The molecule has 3 heteroatoms. The minimum Gasteiger partial charge on any atom is -0.382 e. The van der Waals surface area contributed by atoms with E-state index in [1.165, 1.54) is 19.3 Å².